The highest BCUT2D eigenvalue weighted by Gasteiger charge is 2.35. The first-order chi connectivity index (χ1) is 22.2. The molecule has 1 heterocycles. The van der Waals surface area contributed by atoms with E-state index >= 15 is 0 Å². The van der Waals surface area contributed by atoms with Gasteiger partial charge in [0.25, 0.3) is 10.0 Å². The van der Waals surface area contributed by atoms with E-state index < -0.39 is 46.1 Å². The van der Waals surface area contributed by atoms with Gasteiger partial charge in [-0.3, -0.25) is 13.9 Å². The average Bonchev–Trinajstić information content (AvgIpc) is 3.06. The number of halogens is 2. The standard InChI is InChI=1S/C34H33F2N3O6S/c1-2-37-34(41)30(20-24-8-4-3-5-9-24)38(22-25-10-6-7-11-29(25)36)33(40)23-39(27-14-12-26(35)13-15-27)46(42,43)28-16-17-31-32(21-28)45-19-18-44-31/h3-17,21,30H,2,18-20,22-23H2,1H3,(H,37,41)/t30-/m0/s1. The van der Waals surface area contributed by atoms with Crippen LogP contribution < -0.4 is 19.1 Å². The van der Waals surface area contributed by atoms with Crippen molar-refractivity contribution in [1.82, 2.24) is 10.2 Å². The van der Waals surface area contributed by atoms with E-state index in [-0.39, 0.29) is 48.0 Å². The molecule has 0 aromatic heterocycles. The maximum Gasteiger partial charge on any atom is 0.264 e. The van der Waals surface area contributed by atoms with Gasteiger partial charge in [0.2, 0.25) is 11.8 Å². The van der Waals surface area contributed by atoms with Gasteiger partial charge in [0, 0.05) is 31.1 Å². The van der Waals surface area contributed by atoms with Crippen molar-refractivity contribution in [1.29, 1.82) is 0 Å². The summed E-state index contributed by atoms with van der Waals surface area (Å²) in [5.74, 6) is -1.87. The SMILES string of the molecule is CCNC(=O)[C@H](Cc1ccccc1)N(Cc1ccccc1F)C(=O)CN(c1ccc(F)cc1)S(=O)(=O)c1ccc2c(c1)OCCO2. The molecule has 0 bridgehead atoms. The first-order valence-electron chi connectivity index (χ1n) is 14.7. The van der Waals surface area contributed by atoms with Crippen LogP contribution in [0.15, 0.2) is 102 Å². The highest BCUT2D eigenvalue weighted by molar-refractivity contribution is 7.92. The number of rotatable bonds is 12. The van der Waals surface area contributed by atoms with Crippen molar-refractivity contribution in [2.75, 3.05) is 30.6 Å². The number of carbonyl (C=O) groups is 2. The molecule has 0 unspecified atom stereocenters. The molecule has 46 heavy (non-hydrogen) atoms. The summed E-state index contributed by atoms with van der Waals surface area (Å²) in [5.41, 5.74) is 0.888. The largest absolute Gasteiger partial charge is 0.486 e. The highest BCUT2D eigenvalue weighted by atomic mass is 32.2. The van der Waals surface area contributed by atoms with Crippen LogP contribution in [0.3, 0.4) is 0 Å². The number of benzene rings is 4. The number of fused-ring (bicyclic) bond motifs is 1. The van der Waals surface area contributed by atoms with Crippen molar-refractivity contribution in [2.45, 2.75) is 30.8 Å². The quantitative estimate of drug-likeness (QED) is 0.239. The third-order valence-electron chi connectivity index (χ3n) is 7.42. The summed E-state index contributed by atoms with van der Waals surface area (Å²) in [6, 6.07) is 22.5. The number of ether oxygens (including phenoxy) is 2. The van der Waals surface area contributed by atoms with E-state index in [1.807, 2.05) is 6.07 Å². The van der Waals surface area contributed by atoms with Gasteiger partial charge in [-0.1, -0.05) is 48.5 Å². The molecule has 5 rings (SSSR count). The first-order valence-corrected chi connectivity index (χ1v) is 16.1. The Morgan fingerprint density at radius 2 is 1.54 bits per heavy atom. The Bertz CT molecular complexity index is 1790. The number of hydrogen-bond acceptors (Lipinski definition) is 6. The summed E-state index contributed by atoms with van der Waals surface area (Å²) < 4.78 is 69.3. The van der Waals surface area contributed by atoms with Crippen molar-refractivity contribution < 1.29 is 36.3 Å². The molecule has 9 nitrogen and oxygen atoms in total. The van der Waals surface area contributed by atoms with Gasteiger partial charge in [0.1, 0.15) is 37.4 Å². The van der Waals surface area contributed by atoms with E-state index in [2.05, 4.69) is 5.32 Å². The van der Waals surface area contributed by atoms with E-state index in [0.717, 1.165) is 22.0 Å². The fourth-order valence-corrected chi connectivity index (χ4v) is 6.53. The molecule has 1 aliphatic heterocycles. The van der Waals surface area contributed by atoms with Gasteiger partial charge in [-0.05, 0) is 55.0 Å². The number of likely N-dealkylation sites (N-methyl/N-ethyl adjacent to an activating group) is 1. The van der Waals surface area contributed by atoms with E-state index in [1.165, 1.54) is 53.4 Å². The highest BCUT2D eigenvalue weighted by Crippen LogP contribution is 2.34. The molecule has 1 atom stereocenters. The Morgan fingerprint density at radius 3 is 2.24 bits per heavy atom. The second-order valence-corrected chi connectivity index (χ2v) is 12.4. The lowest BCUT2D eigenvalue weighted by atomic mass is 10.0. The minimum atomic E-state index is -4.47. The summed E-state index contributed by atoms with van der Waals surface area (Å²) in [6.07, 6.45) is 0.0817. The van der Waals surface area contributed by atoms with E-state index in [4.69, 9.17) is 9.47 Å². The Balaban J connectivity index is 1.57. The fraction of sp³-hybridized carbons (Fsp3) is 0.235. The van der Waals surface area contributed by atoms with E-state index in [9.17, 15) is 26.8 Å². The molecule has 0 saturated heterocycles. The van der Waals surface area contributed by atoms with Gasteiger partial charge < -0.3 is 19.7 Å². The molecule has 0 fully saturated rings. The van der Waals surface area contributed by atoms with Gasteiger partial charge in [-0.2, -0.15) is 0 Å². The van der Waals surface area contributed by atoms with Gasteiger partial charge >= 0.3 is 0 Å². The Kier molecular flexibility index (Phi) is 10.2. The lowest BCUT2D eigenvalue weighted by molar-refractivity contribution is -0.140. The van der Waals surface area contributed by atoms with Crippen molar-refractivity contribution in [3.63, 3.8) is 0 Å². The predicted octanol–water partition coefficient (Wildman–Crippen LogP) is 4.71. The molecule has 1 aliphatic rings. The lowest BCUT2D eigenvalue weighted by Crippen LogP contribution is -2.53. The van der Waals surface area contributed by atoms with Crippen LogP contribution in [-0.4, -0.2) is 57.5 Å². The zero-order valence-corrected chi connectivity index (χ0v) is 25.9. The van der Waals surface area contributed by atoms with Crippen LogP contribution in [0.25, 0.3) is 0 Å². The molecule has 2 amide bonds. The monoisotopic (exact) mass is 649 g/mol. The number of carbonyl (C=O) groups excluding carboxylic acids is 2. The maximum atomic E-state index is 15.0. The second kappa shape index (κ2) is 14.4. The molecule has 12 heteroatoms. The first kappa shape index (κ1) is 32.4. The number of anilines is 1. The topological polar surface area (TPSA) is 105 Å². The summed E-state index contributed by atoms with van der Waals surface area (Å²) in [7, 11) is -4.47. The molecular weight excluding hydrogens is 616 g/mol. The van der Waals surface area contributed by atoms with Crippen LogP contribution in [0, 0.1) is 11.6 Å². The molecule has 0 saturated carbocycles. The summed E-state index contributed by atoms with van der Waals surface area (Å²) >= 11 is 0. The fourth-order valence-electron chi connectivity index (χ4n) is 5.10. The van der Waals surface area contributed by atoms with Gasteiger partial charge in [-0.15, -0.1) is 0 Å². The number of nitrogens with zero attached hydrogens (tertiary/aromatic N) is 2. The van der Waals surface area contributed by atoms with E-state index in [1.54, 1.807) is 37.3 Å². The summed E-state index contributed by atoms with van der Waals surface area (Å²) in [5, 5.41) is 2.75. The van der Waals surface area contributed by atoms with Crippen LogP contribution in [0.2, 0.25) is 0 Å². The molecule has 4 aromatic rings. The van der Waals surface area contributed by atoms with Gasteiger partial charge in [0.05, 0.1) is 10.6 Å². The predicted molar refractivity (Wildman–Crippen MR) is 168 cm³/mol. The Labute approximate surface area is 266 Å². The van der Waals surface area contributed by atoms with Gasteiger partial charge in [0.15, 0.2) is 11.5 Å². The van der Waals surface area contributed by atoms with Crippen molar-refractivity contribution in [3.8, 4) is 11.5 Å². The van der Waals surface area contributed by atoms with Crippen molar-refractivity contribution in [3.05, 3.63) is 120 Å². The minimum Gasteiger partial charge on any atom is -0.486 e. The summed E-state index contributed by atoms with van der Waals surface area (Å²) in [4.78, 5) is 28.9. The molecule has 0 spiro atoms. The number of nitrogens with one attached hydrogen (secondary N) is 1. The normalized spacial score (nSPS) is 13.0. The zero-order chi connectivity index (χ0) is 32.7. The van der Waals surface area contributed by atoms with Gasteiger partial charge in [-0.25, -0.2) is 17.2 Å². The molecule has 1 N–H and O–H groups in total. The van der Waals surface area contributed by atoms with Crippen LogP contribution >= 0.6 is 0 Å². The van der Waals surface area contributed by atoms with Crippen LogP contribution in [-0.2, 0) is 32.6 Å². The Morgan fingerprint density at radius 1 is 0.870 bits per heavy atom. The smallest absolute Gasteiger partial charge is 0.264 e. The number of hydrogen-bond donors (Lipinski definition) is 1. The van der Waals surface area contributed by atoms with Crippen LogP contribution in [0.4, 0.5) is 14.5 Å². The lowest BCUT2D eigenvalue weighted by Gasteiger charge is -2.34. The summed E-state index contributed by atoms with van der Waals surface area (Å²) in [6.45, 7) is 1.44. The molecule has 4 aromatic carbocycles. The van der Waals surface area contributed by atoms with Crippen molar-refractivity contribution in [2.24, 2.45) is 0 Å². The second-order valence-electron chi connectivity index (χ2n) is 10.5. The third kappa shape index (κ3) is 7.45. The third-order valence-corrected chi connectivity index (χ3v) is 9.19. The average molecular weight is 650 g/mol. The zero-order valence-electron chi connectivity index (χ0n) is 25.1. The molecule has 0 aliphatic carbocycles. The number of amides is 2. The molecule has 0 radical (unpaired) electrons. The van der Waals surface area contributed by atoms with Crippen LogP contribution in [0.1, 0.15) is 18.1 Å². The number of sulfonamides is 1. The van der Waals surface area contributed by atoms with E-state index in [0.29, 0.717) is 12.4 Å². The maximum absolute atomic E-state index is 15.0. The Hall–Kier alpha value is -4.97. The molecule has 240 valence electrons. The van der Waals surface area contributed by atoms with Crippen molar-refractivity contribution >= 4 is 27.5 Å². The molecular formula is C34H33F2N3O6S. The van der Waals surface area contributed by atoms with Crippen LogP contribution in [0.5, 0.6) is 11.5 Å². The minimum absolute atomic E-state index is 0.00750.